The number of fused-ring (bicyclic) bond motifs is 3. The number of amides is 1. The number of thiophene rings is 1. The predicted molar refractivity (Wildman–Crippen MR) is 171 cm³/mol. The van der Waals surface area contributed by atoms with Gasteiger partial charge in [0.1, 0.15) is 28.9 Å². The van der Waals surface area contributed by atoms with E-state index in [-0.39, 0.29) is 18.3 Å². The van der Waals surface area contributed by atoms with Crippen molar-refractivity contribution in [2.45, 2.75) is 25.9 Å². The van der Waals surface area contributed by atoms with Crippen molar-refractivity contribution < 1.29 is 18.7 Å². The smallest absolute Gasteiger partial charge is 0.246 e. The number of carbonyl (C=O) groups excluding carboxylic acids is 1. The summed E-state index contributed by atoms with van der Waals surface area (Å²) < 4.78 is 26.8. The molecule has 2 aliphatic heterocycles. The second-order valence-electron chi connectivity index (χ2n) is 10.7. The molecule has 4 aromatic heterocycles. The number of hydrogen-bond donors (Lipinski definition) is 1. The molecule has 0 spiro atoms. The number of nitrogens with one attached hydrogen (secondary N) is 1. The minimum Gasteiger partial charge on any atom is -0.490 e. The number of rotatable bonds is 8. The van der Waals surface area contributed by atoms with Crippen LogP contribution in [0.5, 0.6) is 5.75 Å². The molecule has 7 rings (SSSR count). The molecule has 0 aliphatic carbocycles. The lowest BCUT2D eigenvalue weighted by Gasteiger charge is -2.24. The lowest BCUT2D eigenvalue weighted by molar-refractivity contribution is -0.126. The van der Waals surface area contributed by atoms with Crippen LogP contribution in [-0.4, -0.2) is 59.2 Å². The van der Waals surface area contributed by atoms with Crippen LogP contribution >= 0.6 is 22.7 Å². The lowest BCUT2D eigenvalue weighted by Crippen LogP contribution is -2.34. The Morgan fingerprint density at radius 3 is 2.93 bits per heavy atom. The van der Waals surface area contributed by atoms with Gasteiger partial charge in [0.25, 0.3) is 0 Å². The Hall–Kier alpha value is -4.03. The average molecular weight is 628 g/mol. The van der Waals surface area contributed by atoms with Crippen molar-refractivity contribution >= 4 is 38.7 Å². The van der Waals surface area contributed by atoms with Gasteiger partial charge >= 0.3 is 0 Å². The monoisotopic (exact) mass is 627 g/mol. The highest BCUT2D eigenvalue weighted by molar-refractivity contribution is 7.18. The summed E-state index contributed by atoms with van der Waals surface area (Å²) in [6.45, 7) is 7.04. The van der Waals surface area contributed by atoms with Gasteiger partial charge in [-0.3, -0.25) is 9.78 Å². The molecule has 44 heavy (non-hydrogen) atoms. The molecule has 1 amide bonds. The first-order valence-electron chi connectivity index (χ1n) is 14.5. The lowest BCUT2D eigenvalue weighted by atomic mass is 9.97. The highest BCUT2D eigenvalue weighted by atomic mass is 32.1. The van der Waals surface area contributed by atoms with Crippen LogP contribution in [0.3, 0.4) is 0 Å². The zero-order valence-electron chi connectivity index (χ0n) is 24.2. The van der Waals surface area contributed by atoms with E-state index in [9.17, 15) is 9.18 Å². The number of carbonyl (C=O) groups is 1. The summed E-state index contributed by atoms with van der Waals surface area (Å²) in [5.41, 5.74) is 7.27. The van der Waals surface area contributed by atoms with Crippen molar-refractivity contribution in [1.82, 2.24) is 25.2 Å². The molecule has 224 valence electrons. The molecule has 0 bridgehead atoms. The number of ether oxygens (including phenoxy) is 2. The molecular formula is C33H30FN5O3S2. The fourth-order valence-corrected chi connectivity index (χ4v) is 7.87. The molecule has 0 unspecified atom stereocenters. The Kier molecular flexibility index (Phi) is 7.94. The normalized spacial score (nSPS) is 14.4. The van der Waals surface area contributed by atoms with Crippen molar-refractivity contribution in [2.24, 2.45) is 0 Å². The molecule has 8 nitrogen and oxygen atoms in total. The number of benzene rings is 1. The van der Waals surface area contributed by atoms with E-state index in [2.05, 4.69) is 29.4 Å². The number of methoxy groups -OCH3 is 1. The van der Waals surface area contributed by atoms with E-state index in [4.69, 9.17) is 24.4 Å². The van der Waals surface area contributed by atoms with Gasteiger partial charge in [0.05, 0.1) is 24.5 Å². The number of nitrogens with zero attached hydrogens (tertiary/aromatic N) is 4. The van der Waals surface area contributed by atoms with Crippen LogP contribution in [0.2, 0.25) is 0 Å². The standard InChI is InChI=1S/C33H30FN5O3S2/c1-3-28(40)39-10-7-25-27(18-39)44-33(37-25)31-29(22-5-4-21(34)15-26(22)42-12-11-41-2)32-23(8-13-43-32)30(38-31)20-14-19-16-35-9-6-24(19)36-17-20/h3-5,8,13-15,17,35H,1,6-7,9-12,16,18H2,2H3. The maximum absolute atomic E-state index is 14.6. The number of aromatic nitrogens is 3. The first-order valence-corrected chi connectivity index (χ1v) is 16.2. The van der Waals surface area contributed by atoms with Gasteiger partial charge in [0.2, 0.25) is 5.91 Å². The van der Waals surface area contributed by atoms with Gasteiger partial charge < -0.3 is 19.7 Å². The first kappa shape index (κ1) is 28.7. The highest BCUT2D eigenvalue weighted by Gasteiger charge is 2.28. The highest BCUT2D eigenvalue weighted by Crippen LogP contribution is 2.47. The largest absolute Gasteiger partial charge is 0.490 e. The second kappa shape index (κ2) is 12.2. The molecule has 0 radical (unpaired) electrons. The molecule has 1 N–H and O–H groups in total. The van der Waals surface area contributed by atoms with E-state index < -0.39 is 0 Å². The van der Waals surface area contributed by atoms with E-state index in [0.29, 0.717) is 37.6 Å². The number of hydrogen-bond acceptors (Lipinski definition) is 9. The van der Waals surface area contributed by atoms with Gasteiger partial charge in [-0.1, -0.05) is 6.58 Å². The van der Waals surface area contributed by atoms with Crippen LogP contribution in [0, 0.1) is 5.82 Å². The molecule has 0 atom stereocenters. The first-order chi connectivity index (χ1) is 21.5. The van der Waals surface area contributed by atoms with Crippen molar-refractivity contribution in [3.8, 4) is 38.8 Å². The topological polar surface area (TPSA) is 89.5 Å². The average Bonchev–Trinajstić information content (AvgIpc) is 3.71. The van der Waals surface area contributed by atoms with Crippen LogP contribution in [-0.2, 0) is 35.5 Å². The fourth-order valence-electron chi connectivity index (χ4n) is 5.80. The summed E-state index contributed by atoms with van der Waals surface area (Å²) in [7, 11) is 1.60. The van der Waals surface area contributed by atoms with Crippen molar-refractivity contribution in [3.05, 3.63) is 82.2 Å². The van der Waals surface area contributed by atoms with Crippen molar-refractivity contribution in [3.63, 3.8) is 0 Å². The SMILES string of the molecule is C=CC(=O)N1CCc2nc(-c3nc(-c4cnc5c(c4)CNCC5)c4ccsc4c3-c3ccc(F)cc3OCCOC)sc2C1. The van der Waals surface area contributed by atoms with Crippen molar-refractivity contribution in [2.75, 3.05) is 33.4 Å². The van der Waals surface area contributed by atoms with Gasteiger partial charge in [-0.2, -0.15) is 0 Å². The van der Waals surface area contributed by atoms with Gasteiger partial charge in [0.15, 0.2) is 0 Å². The summed E-state index contributed by atoms with van der Waals surface area (Å²) >= 11 is 3.14. The number of halogens is 1. The minimum atomic E-state index is -0.389. The fraction of sp³-hybridized carbons (Fsp3) is 0.273. The van der Waals surface area contributed by atoms with E-state index in [1.54, 1.807) is 29.4 Å². The van der Waals surface area contributed by atoms with Crippen LogP contribution in [0.1, 0.15) is 21.8 Å². The van der Waals surface area contributed by atoms with Crippen LogP contribution in [0.25, 0.3) is 43.2 Å². The van der Waals surface area contributed by atoms with E-state index >= 15 is 0 Å². The molecule has 2 aliphatic rings. The molecule has 11 heteroatoms. The van der Waals surface area contributed by atoms with E-state index in [1.165, 1.54) is 35.1 Å². The van der Waals surface area contributed by atoms with Crippen molar-refractivity contribution in [1.29, 1.82) is 0 Å². The van der Waals surface area contributed by atoms with Crippen LogP contribution in [0.15, 0.2) is 54.6 Å². The zero-order chi connectivity index (χ0) is 30.2. The number of thiazole rings is 1. The molecule has 5 aromatic rings. The molecule has 0 saturated carbocycles. The van der Waals surface area contributed by atoms with Crippen LogP contribution < -0.4 is 10.1 Å². The van der Waals surface area contributed by atoms with Gasteiger partial charge in [0, 0.05) is 89.2 Å². The molecule has 6 heterocycles. The number of pyridine rings is 2. The minimum absolute atomic E-state index is 0.0923. The molecule has 0 fully saturated rings. The Balaban J connectivity index is 1.44. The summed E-state index contributed by atoms with van der Waals surface area (Å²) in [5.74, 6) is -0.0661. The molecular weight excluding hydrogens is 598 g/mol. The van der Waals surface area contributed by atoms with E-state index in [1.807, 2.05) is 6.20 Å². The summed E-state index contributed by atoms with van der Waals surface area (Å²) in [4.78, 5) is 30.4. The Labute approximate surface area is 262 Å². The van der Waals surface area contributed by atoms with Gasteiger partial charge in [-0.25, -0.2) is 14.4 Å². The maximum Gasteiger partial charge on any atom is 0.246 e. The summed E-state index contributed by atoms with van der Waals surface area (Å²) in [6, 6.07) is 8.87. The van der Waals surface area contributed by atoms with Gasteiger partial charge in [-0.05, 0) is 41.3 Å². The Morgan fingerprint density at radius 1 is 1.16 bits per heavy atom. The third kappa shape index (κ3) is 5.30. The Morgan fingerprint density at radius 2 is 2.07 bits per heavy atom. The quantitative estimate of drug-likeness (QED) is 0.166. The Bertz CT molecular complexity index is 1900. The van der Waals surface area contributed by atoms with E-state index in [0.717, 1.165) is 73.3 Å². The molecule has 0 saturated heterocycles. The zero-order valence-corrected chi connectivity index (χ0v) is 25.8. The summed E-state index contributed by atoms with van der Waals surface area (Å²) in [6.07, 6.45) is 4.81. The van der Waals surface area contributed by atoms with Crippen LogP contribution in [0.4, 0.5) is 4.39 Å². The second-order valence-corrected chi connectivity index (χ2v) is 12.7. The third-order valence-electron chi connectivity index (χ3n) is 7.97. The predicted octanol–water partition coefficient (Wildman–Crippen LogP) is 6.03. The maximum atomic E-state index is 14.6. The molecule has 1 aromatic carbocycles. The summed E-state index contributed by atoms with van der Waals surface area (Å²) in [5, 5.41) is 7.22. The van der Waals surface area contributed by atoms with Gasteiger partial charge in [-0.15, -0.1) is 22.7 Å². The third-order valence-corrected chi connectivity index (χ3v) is 9.99.